The molecule has 0 saturated heterocycles. The first kappa shape index (κ1) is 10.8. The van der Waals surface area contributed by atoms with E-state index in [0.717, 1.165) is 18.4 Å². The normalized spacial score (nSPS) is 17.6. The van der Waals surface area contributed by atoms with Crippen LogP contribution in [-0.2, 0) is 26.6 Å². The molecule has 1 saturated carbocycles. The van der Waals surface area contributed by atoms with Gasteiger partial charge >= 0.3 is 0 Å². The van der Waals surface area contributed by atoms with Crippen LogP contribution in [0.1, 0.15) is 18.4 Å². The molecule has 15 heavy (non-hydrogen) atoms. The molecule has 3 nitrogen and oxygen atoms in total. The average Bonchev–Trinajstić information content (AvgIpc) is 3.09. The molecule has 0 spiro atoms. The van der Waals surface area contributed by atoms with E-state index >= 15 is 0 Å². The zero-order valence-corrected chi connectivity index (χ0v) is 9.24. The Morgan fingerprint density at radius 1 is 1.27 bits per heavy atom. The summed E-state index contributed by atoms with van der Waals surface area (Å²) in [6.45, 7) is 0.612. The third kappa shape index (κ3) is 3.74. The van der Waals surface area contributed by atoms with E-state index in [1.807, 2.05) is 30.3 Å². The molecule has 0 heterocycles. The van der Waals surface area contributed by atoms with E-state index in [2.05, 4.69) is 0 Å². The van der Waals surface area contributed by atoms with Gasteiger partial charge in [-0.15, -0.1) is 0 Å². The van der Waals surface area contributed by atoms with Crippen LogP contribution in [0.4, 0.5) is 0 Å². The van der Waals surface area contributed by atoms with Crippen LogP contribution in [0, 0.1) is 0 Å². The second-order valence-electron chi connectivity index (χ2n) is 3.53. The Morgan fingerprint density at radius 3 is 2.67 bits per heavy atom. The molecular formula is C11H14O3S. The standard InChI is InChI=1S/C11H14O3S/c12-15(11-6-7-11)14-9-13-8-10-4-2-1-3-5-10/h1-5,11H,6-9H2. The quantitative estimate of drug-likeness (QED) is 0.550. The molecule has 4 heteroatoms. The molecule has 1 fully saturated rings. The minimum Gasteiger partial charge on any atom is -0.350 e. The van der Waals surface area contributed by atoms with Gasteiger partial charge in [0.2, 0.25) is 0 Å². The van der Waals surface area contributed by atoms with Crippen LogP contribution < -0.4 is 0 Å². The predicted octanol–water partition coefficient (Wildman–Crippen LogP) is 2.00. The lowest BCUT2D eigenvalue weighted by molar-refractivity contribution is 0.0129. The van der Waals surface area contributed by atoms with Gasteiger partial charge in [0.25, 0.3) is 0 Å². The molecule has 1 unspecified atom stereocenters. The molecule has 1 aromatic carbocycles. The molecule has 1 aliphatic carbocycles. The Hall–Kier alpha value is -0.710. The molecule has 1 atom stereocenters. The first-order valence-electron chi connectivity index (χ1n) is 5.02. The summed E-state index contributed by atoms with van der Waals surface area (Å²) in [6.07, 6.45) is 2.04. The fourth-order valence-electron chi connectivity index (χ4n) is 1.17. The highest BCUT2D eigenvalue weighted by Gasteiger charge is 2.29. The van der Waals surface area contributed by atoms with Crippen LogP contribution in [0.15, 0.2) is 30.3 Å². The first-order chi connectivity index (χ1) is 7.36. The number of hydrogen-bond acceptors (Lipinski definition) is 3. The van der Waals surface area contributed by atoms with Gasteiger partial charge in [0, 0.05) is 0 Å². The first-order valence-corrected chi connectivity index (χ1v) is 6.15. The Balaban J connectivity index is 1.60. The highest BCUT2D eigenvalue weighted by molar-refractivity contribution is 7.81. The van der Waals surface area contributed by atoms with Crippen LogP contribution in [0.2, 0.25) is 0 Å². The summed E-state index contributed by atoms with van der Waals surface area (Å²) in [6, 6.07) is 9.85. The molecule has 0 radical (unpaired) electrons. The van der Waals surface area contributed by atoms with Crippen LogP contribution in [0.3, 0.4) is 0 Å². The van der Waals surface area contributed by atoms with Crippen molar-refractivity contribution in [1.29, 1.82) is 0 Å². The van der Waals surface area contributed by atoms with E-state index in [0.29, 0.717) is 6.61 Å². The Labute approximate surface area is 92.1 Å². The summed E-state index contributed by atoms with van der Waals surface area (Å²) in [4.78, 5) is 0. The predicted molar refractivity (Wildman–Crippen MR) is 58.3 cm³/mol. The zero-order chi connectivity index (χ0) is 10.5. The van der Waals surface area contributed by atoms with E-state index in [9.17, 15) is 4.21 Å². The minimum absolute atomic E-state index is 0.109. The van der Waals surface area contributed by atoms with Gasteiger partial charge in [0.15, 0.2) is 17.9 Å². The van der Waals surface area contributed by atoms with E-state index in [-0.39, 0.29) is 12.0 Å². The van der Waals surface area contributed by atoms with Crippen LogP contribution >= 0.6 is 0 Å². The van der Waals surface area contributed by atoms with Gasteiger partial charge in [-0.25, -0.2) is 4.21 Å². The lowest BCUT2D eigenvalue weighted by Gasteiger charge is -2.04. The summed E-state index contributed by atoms with van der Waals surface area (Å²) in [5, 5.41) is 0.255. The largest absolute Gasteiger partial charge is 0.350 e. The molecule has 0 bridgehead atoms. The van der Waals surface area contributed by atoms with Crippen molar-refractivity contribution >= 4 is 11.1 Å². The van der Waals surface area contributed by atoms with Gasteiger partial charge in [-0.2, -0.15) is 0 Å². The van der Waals surface area contributed by atoms with Crippen LogP contribution in [0.25, 0.3) is 0 Å². The highest BCUT2D eigenvalue weighted by atomic mass is 32.2. The molecule has 0 aromatic heterocycles. The van der Waals surface area contributed by atoms with Crippen LogP contribution in [-0.4, -0.2) is 16.3 Å². The summed E-state index contributed by atoms with van der Waals surface area (Å²) in [7, 11) is 0. The van der Waals surface area contributed by atoms with E-state index in [4.69, 9.17) is 8.92 Å². The topological polar surface area (TPSA) is 35.5 Å². The summed E-state index contributed by atoms with van der Waals surface area (Å²) in [5.74, 6) is 0. The number of rotatable bonds is 6. The van der Waals surface area contributed by atoms with Crippen molar-refractivity contribution in [3.05, 3.63) is 35.9 Å². The molecule has 0 N–H and O–H groups in total. The monoisotopic (exact) mass is 226 g/mol. The number of hydrogen-bond donors (Lipinski definition) is 0. The fraction of sp³-hybridized carbons (Fsp3) is 0.455. The molecular weight excluding hydrogens is 212 g/mol. The molecule has 0 amide bonds. The second-order valence-corrected chi connectivity index (χ2v) is 4.95. The van der Waals surface area contributed by atoms with Crippen molar-refractivity contribution < 1.29 is 13.1 Å². The molecule has 2 rings (SSSR count). The highest BCUT2D eigenvalue weighted by Crippen LogP contribution is 2.26. The van der Waals surface area contributed by atoms with Gasteiger partial charge in [0.05, 0.1) is 11.9 Å². The smallest absolute Gasteiger partial charge is 0.163 e. The zero-order valence-electron chi connectivity index (χ0n) is 8.43. The SMILES string of the molecule is O=S(OCOCc1ccccc1)C1CC1. The maximum Gasteiger partial charge on any atom is 0.163 e. The molecule has 0 aliphatic heterocycles. The maximum atomic E-state index is 11.2. The summed E-state index contributed by atoms with van der Waals surface area (Å²) >= 11 is -1.14. The Morgan fingerprint density at radius 2 is 2.00 bits per heavy atom. The van der Waals surface area contributed by atoms with Crippen molar-refractivity contribution in [2.24, 2.45) is 0 Å². The molecule has 1 aliphatic rings. The van der Waals surface area contributed by atoms with Crippen molar-refractivity contribution in [1.82, 2.24) is 0 Å². The van der Waals surface area contributed by atoms with E-state index in [1.165, 1.54) is 0 Å². The van der Waals surface area contributed by atoms with Crippen molar-refractivity contribution in [3.8, 4) is 0 Å². The van der Waals surface area contributed by atoms with Crippen LogP contribution in [0.5, 0.6) is 0 Å². The van der Waals surface area contributed by atoms with Crippen molar-refractivity contribution in [3.63, 3.8) is 0 Å². The minimum atomic E-state index is -1.14. The van der Waals surface area contributed by atoms with Crippen molar-refractivity contribution in [2.75, 3.05) is 6.79 Å². The molecule has 82 valence electrons. The number of ether oxygens (including phenoxy) is 1. The lowest BCUT2D eigenvalue weighted by Crippen LogP contribution is -2.06. The maximum absolute atomic E-state index is 11.2. The summed E-state index contributed by atoms with van der Waals surface area (Å²) < 4.78 is 21.5. The van der Waals surface area contributed by atoms with Gasteiger partial charge in [0.1, 0.15) is 0 Å². The van der Waals surface area contributed by atoms with E-state index in [1.54, 1.807) is 0 Å². The average molecular weight is 226 g/mol. The van der Waals surface area contributed by atoms with E-state index < -0.39 is 11.1 Å². The van der Waals surface area contributed by atoms with Crippen molar-refractivity contribution in [2.45, 2.75) is 24.7 Å². The fourth-order valence-corrected chi connectivity index (χ4v) is 2.05. The Kier molecular flexibility index (Phi) is 3.88. The summed E-state index contributed by atoms with van der Waals surface area (Å²) in [5.41, 5.74) is 1.10. The number of benzene rings is 1. The van der Waals surface area contributed by atoms with Gasteiger partial charge in [-0.05, 0) is 18.4 Å². The third-order valence-electron chi connectivity index (χ3n) is 2.16. The van der Waals surface area contributed by atoms with Gasteiger partial charge in [-0.1, -0.05) is 30.3 Å². The third-order valence-corrected chi connectivity index (χ3v) is 3.50. The van der Waals surface area contributed by atoms with Gasteiger partial charge in [-0.3, -0.25) is 4.18 Å². The molecule has 1 aromatic rings. The van der Waals surface area contributed by atoms with Gasteiger partial charge < -0.3 is 4.74 Å². The Bertz CT molecular complexity index is 322. The lowest BCUT2D eigenvalue weighted by atomic mass is 10.2. The second kappa shape index (κ2) is 5.39.